The Balaban J connectivity index is 1.10. The van der Waals surface area contributed by atoms with Gasteiger partial charge < -0.3 is 107 Å². The molecule has 0 saturated carbocycles. The number of carbonyl (C=O) groups excluding carboxylic acids is 13. The predicted molar refractivity (Wildman–Crippen MR) is 399 cm³/mol. The van der Waals surface area contributed by atoms with Crippen molar-refractivity contribution in [1.29, 1.82) is 0 Å². The van der Waals surface area contributed by atoms with Gasteiger partial charge in [-0.15, -0.1) is 0 Å². The number of carboxylic acids is 1. The average molecular weight is 1530 g/mol. The lowest BCUT2D eigenvalue weighted by Gasteiger charge is -2.31. The fraction of sp³-hybridized carbons (Fsp3) is 0.652. The van der Waals surface area contributed by atoms with Crippen LogP contribution in [0.3, 0.4) is 0 Å². The van der Waals surface area contributed by atoms with Gasteiger partial charge in [0.2, 0.25) is 76.8 Å². The third-order valence-electron chi connectivity index (χ3n) is 19.0. The summed E-state index contributed by atoms with van der Waals surface area (Å²) in [7, 11) is 0. The number of nitrogens with zero attached hydrogens (tertiary/aromatic N) is 7. The molecule has 596 valence electrons. The second kappa shape index (κ2) is 44.3. The maximum atomic E-state index is 14.5. The molecule has 1 unspecified atom stereocenters. The molecule has 0 spiro atoms. The summed E-state index contributed by atoms with van der Waals surface area (Å²) >= 11 is 1.42. The zero-order valence-corrected chi connectivity index (χ0v) is 62.3. The van der Waals surface area contributed by atoms with Crippen LogP contribution in [0.1, 0.15) is 135 Å². The number of thioether (sulfide) groups is 1. The number of likely N-dealkylation sites (tertiary alicyclic amines) is 3. The van der Waals surface area contributed by atoms with Crippen LogP contribution in [-0.4, -0.2) is 275 Å². The molecule has 0 radical (unpaired) electrons. The molecule has 4 saturated heterocycles. The summed E-state index contributed by atoms with van der Waals surface area (Å²) < 4.78 is 0. The first-order chi connectivity index (χ1) is 51.6. The maximum Gasteiger partial charge on any atom is 0.326 e. The minimum atomic E-state index is -1.77. The first-order valence-corrected chi connectivity index (χ1v) is 38.1. The van der Waals surface area contributed by atoms with Gasteiger partial charge in [0.1, 0.15) is 78.8 Å². The lowest BCUT2D eigenvalue weighted by atomic mass is 10.0. The number of nitrogens with two attached hydrogens (primary N) is 5. The number of benzene rings is 1. The Hall–Kier alpha value is -10.1. The molecule has 6 rings (SSSR count). The van der Waals surface area contributed by atoms with Crippen LogP contribution in [0.5, 0.6) is 0 Å². The van der Waals surface area contributed by atoms with Crippen molar-refractivity contribution in [3.8, 4) is 0 Å². The largest absolute Gasteiger partial charge is 0.480 e. The molecule has 0 aromatic heterocycles. The lowest BCUT2D eigenvalue weighted by Crippen LogP contribution is -2.61. The van der Waals surface area contributed by atoms with Gasteiger partial charge in [-0.05, 0) is 133 Å². The van der Waals surface area contributed by atoms with Gasteiger partial charge in [-0.1, -0.05) is 44.2 Å². The molecule has 5 aliphatic heterocycles. The second-order valence-electron chi connectivity index (χ2n) is 27.7. The fourth-order valence-electron chi connectivity index (χ4n) is 13.3. The first-order valence-electron chi connectivity index (χ1n) is 36.8. The van der Waals surface area contributed by atoms with Crippen molar-refractivity contribution >= 4 is 119 Å². The van der Waals surface area contributed by atoms with E-state index in [1.165, 1.54) is 39.0 Å². The number of amides is 13. The highest BCUT2D eigenvalue weighted by Gasteiger charge is 2.44. The molecule has 13 amide bonds. The van der Waals surface area contributed by atoms with Crippen LogP contribution >= 0.6 is 11.8 Å². The van der Waals surface area contributed by atoms with Gasteiger partial charge in [-0.2, -0.15) is 11.8 Å². The Morgan fingerprint density at radius 2 is 1.08 bits per heavy atom. The minimum Gasteiger partial charge on any atom is -0.480 e. The summed E-state index contributed by atoms with van der Waals surface area (Å²) in [5, 5.41) is 47.1. The zero-order chi connectivity index (χ0) is 79.0. The number of aliphatic imine (C=N–C) groups is 4. The number of guanidine groups is 2. The molecular weight excluding hydrogens is 1420 g/mol. The van der Waals surface area contributed by atoms with Crippen molar-refractivity contribution in [2.75, 3.05) is 64.4 Å². The molecule has 5 aliphatic rings. The number of unbranched alkanes of at least 4 members (excludes halogenated alkanes) is 1. The monoisotopic (exact) mass is 1530 g/mol. The third-order valence-corrected chi connectivity index (χ3v) is 19.6. The molecule has 4 fully saturated rings. The van der Waals surface area contributed by atoms with E-state index >= 15 is 0 Å². The number of aliphatic hydroxyl groups is 1. The van der Waals surface area contributed by atoms with E-state index in [1.54, 1.807) is 44.2 Å². The van der Waals surface area contributed by atoms with Crippen molar-refractivity contribution in [3.05, 3.63) is 35.9 Å². The molecule has 39 heteroatoms. The van der Waals surface area contributed by atoms with Crippen LogP contribution < -0.4 is 81.8 Å². The van der Waals surface area contributed by atoms with Crippen molar-refractivity contribution < 1.29 is 77.3 Å². The van der Waals surface area contributed by atoms with Crippen LogP contribution in [0.25, 0.3) is 0 Å². The maximum absolute atomic E-state index is 14.5. The van der Waals surface area contributed by atoms with Gasteiger partial charge in [-0.3, -0.25) is 77.3 Å². The molecule has 1 aromatic carbocycles. The SMILES string of the molecule is CSCC[C@H](NC(=O)[C@@H]1CCCN1C(=O)CNC(=O)[C@H](CCCCN)NC(=O)[C@H](CC1C=NC=N1)NC(=O)[C@H](CO)NC(=O)[C@H](CC(C)C)NC(=O)[C@H](CCCN=C(N)N)NC(=O)[C@@H]1CCCN1C(=O)[C@H](CCCN=C(N)N)NC(=O)[C@@H]1CCC(=O)N1)C(=O)N1CCC[C@H]1C(=O)N[C@@H](Cc1ccccc1)C(=O)O. The van der Waals surface area contributed by atoms with Crippen LogP contribution in [0.15, 0.2) is 50.3 Å². The molecule has 22 N–H and O–H groups in total. The van der Waals surface area contributed by atoms with Gasteiger partial charge in [0.15, 0.2) is 11.9 Å². The third kappa shape index (κ3) is 27.3. The van der Waals surface area contributed by atoms with E-state index < -0.39 is 169 Å². The summed E-state index contributed by atoms with van der Waals surface area (Å²) in [6.07, 6.45) is 7.55. The topological polar surface area (TPSA) is 589 Å². The quantitative estimate of drug-likeness (QED) is 0.0165. The summed E-state index contributed by atoms with van der Waals surface area (Å²) in [5.41, 5.74) is 28.7. The molecule has 38 nitrogen and oxygen atoms in total. The summed E-state index contributed by atoms with van der Waals surface area (Å²) in [6, 6.07) is -7.10. The fourth-order valence-corrected chi connectivity index (χ4v) is 13.8. The number of carbonyl (C=O) groups is 14. The van der Waals surface area contributed by atoms with Gasteiger partial charge in [0, 0.05) is 58.2 Å². The molecule has 5 heterocycles. The summed E-state index contributed by atoms with van der Waals surface area (Å²) in [4.78, 5) is 215. The minimum absolute atomic E-state index is 0.00686. The molecule has 13 atom stereocenters. The van der Waals surface area contributed by atoms with E-state index in [0.717, 1.165) is 0 Å². The highest BCUT2D eigenvalue weighted by molar-refractivity contribution is 7.98. The van der Waals surface area contributed by atoms with Crippen LogP contribution in [0.2, 0.25) is 0 Å². The van der Waals surface area contributed by atoms with Gasteiger partial charge in [0.25, 0.3) is 0 Å². The summed E-state index contributed by atoms with van der Waals surface area (Å²) in [6.45, 7) is 2.58. The zero-order valence-electron chi connectivity index (χ0n) is 61.5. The van der Waals surface area contributed by atoms with Gasteiger partial charge >= 0.3 is 5.97 Å². The van der Waals surface area contributed by atoms with E-state index in [4.69, 9.17) is 28.7 Å². The number of carboxylic acid groups (broad SMARTS) is 1. The van der Waals surface area contributed by atoms with Crippen molar-refractivity contribution in [2.24, 2.45) is 54.6 Å². The Kier molecular flexibility index (Phi) is 35.6. The Morgan fingerprint density at radius 1 is 0.593 bits per heavy atom. The smallest absolute Gasteiger partial charge is 0.326 e. The number of aliphatic carboxylic acids is 1. The number of aliphatic hydroxyl groups excluding tert-OH is 1. The van der Waals surface area contributed by atoms with Crippen LogP contribution in [0.4, 0.5) is 0 Å². The van der Waals surface area contributed by atoms with E-state index in [2.05, 4.69) is 73.1 Å². The molecule has 0 aliphatic carbocycles. The average Bonchev–Trinajstić information content (AvgIpc) is 1.65. The number of hydrogen-bond acceptors (Lipinski definition) is 21. The number of rotatable bonds is 44. The predicted octanol–water partition coefficient (Wildman–Crippen LogP) is -5.54. The molecular formula is C69H108N22O16S. The molecule has 1 aromatic rings. The van der Waals surface area contributed by atoms with Crippen LogP contribution in [0, 0.1) is 5.92 Å². The van der Waals surface area contributed by atoms with Crippen molar-refractivity contribution in [3.63, 3.8) is 0 Å². The Bertz CT molecular complexity index is 3420. The van der Waals surface area contributed by atoms with E-state index in [0.29, 0.717) is 43.4 Å². The first kappa shape index (κ1) is 86.9. The van der Waals surface area contributed by atoms with Crippen molar-refractivity contribution in [1.82, 2.24) is 67.9 Å². The van der Waals surface area contributed by atoms with Crippen molar-refractivity contribution in [2.45, 2.75) is 214 Å². The highest BCUT2D eigenvalue weighted by atomic mass is 32.2. The number of hydrogen-bond donors (Lipinski definition) is 17. The standard InChI is InChI=1S/C69H108N22O16S/c1-39(2)32-47(85-57(96)43(17-9-26-76-68(71)72)82-63(102)52-20-12-29-90(52)65(104)45(18-10-27-77-69(73)74)83-58(97)44-22-23-54(93)80-44)59(98)88-50(37-92)61(100)86-48(34-41-35-75-38-79-41)60(99)81-42(16-7-8-25-70)56(95)78-36-55(94)89-28-11-19-51(89)62(101)84-46(24-31-108-3)66(105)91-30-13-21-53(91)64(103)87-49(67(106)107)33-40-14-5-4-6-15-40/h4-6,14-15,35,38-39,41-53,92H,7-13,16-34,36-37,70H2,1-3H3,(H,78,95)(H,80,93)(H,81,99)(H,82,102)(H,83,97)(H,84,101)(H,85,96)(H,86,100)(H,87,103)(H,88,98)(H,106,107)(H4,71,72,76)(H4,73,74,77)/t41?,42-,43-,44-,45-,46-,47-,48-,49-,50-,51-,52-,53-/m0/s1. The summed E-state index contributed by atoms with van der Waals surface area (Å²) in [5.74, 6) is -10.9. The van der Waals surface area contributed by atoms with E-state index in [1.807, 2.05) is 6.26 Å². The normalized spacial score (nSPS) is 20.1. The Labute approximate surface area is 630 Å². The van der Waals surface area contributed by atoms with E-state index in [9.17, 15) is 77.3 Å². The second-order valence-corrected chi connectivity index (χ2v) is 28.6. The molecule has 0 bridgehead atoms. The van der Waals surface area contributed by atoms with Gasteiger partial charge in [0.05, 0.1) is 19.2 Å². The van der Waals surface area contributed by atoms with Crippen LogP contribution in [-0.2, 0) is 73.5 Å². The van der Waals surface area contributed by atoms with Gasteiger partial charge in [-0.25, -0.2) is 9.79 Å². The number of nitrogens with one attached hydrogen (secondary N) is 10. The lowest BCUT2D eigenvalue weighted by molar-refractivity contribution is -0.145. The Morgan fingerprint density at radius 3 is 1.62 bits per heavy atom. The van der Waals surface area contributed by atoms with E-state index in [-0.39, 0.29) is 153 Å². The highest BCUT2D eigenvalue weighted by Crippen LogP contribution is 2.25. The molecule has 108 heavy (non-hydrogen) atoms.